The Bertz CT molecular complexity index is 1270. The summed E-state index contributed by atoms with van der Waals surface area (Å²) < 4.78 is 63.5. The molecule has 0 aliphatic carbocycles. The molecule has 1 aliphatic rings. The van der Waals surface area contributed by atoms with Crippen molar-refractivity contribution in [2.45, 2.75) is 44.7 Å². The molecule has 37 heavy (non-hydrogen) atoms. The van der Waals surface area contributed by atoms with E-state index < -0.39 is 28.7 Å². The van der Waals surface area contributed by atoms with Crippen molar-refractivity contribution in [3.63, 3.8) is 0 Å². The molecule has 0 saturated carbocycles. The zero-order chi connectivity index (χ0) is 26.6. The number of amides is 1. The summed E-state index contributed by atoms with van der Waals surface area (Å²) in [7, 11) is 0. The molecular weight excluding hydrogens is 503 g/mol. The molecule has 2 heterocycles. The molecule has 1 amide bonds. The Hall–Kier alpha value is -2.95. The fourth-order valence-electron chi connectivity index (χ4n) is 4.82. The van der Waals surface area contributed by atoms with Crippen molar-refractivity contribution in [3.05, 3.63) is 77.0 Å². The van der Waals surface area contributed by atoms with Gasteiger partial charge in [0.05, 0.1) is 22.6 Å². The zero-order valence-corrected chi connectivity index (χ0v) is 21.4. The molecule has 1 atom stereocenters. The molecule has 1 unspecified atom stereocenters. The van der Waals surface area contributed by atoms with Gasteiger partial charge in [0.1, 0.15) is 0 Å². The first-order chi connectivity index (χ1) is 17.6. The average Bonchev–Trinajstić information content (AvgIpc) is 3.19. The largest absolute Gasteiger partial charge is 0.417 e. The quantitative estimate of drug-likeness (QED) is 0.352. The van der Waals surface area contributed by atoms with E-state index in [0.717, 1.165) is 32.0 Å². The van der Waals surface area contributed by atoms with Crippen molar-refractivity contribution in [1.82, 2.24) is 9.47 Å². The molecule has 2 aromatic carbocycles. The molecule has 1 saturated heterocycles. The number of nitrogens with one attached hydrogen (secondary N) is 1. The predicted molar refractivity (Wildman–Crippen MR) is 139 cm³/mol. The van der Waals surface area contributed by atoms with Gasteiger partial charge < -0.3 is 19.3 Å². The maximum absolute atomic E-state index is 13.9. The Morgan fingerprint density at radius 2 is 1.70 bits per heavy atom. The molecule has 1 aliphatic heterocycles. The Balaban J connectivity index is 1.67. The molecule has 4 rings (SSSR count). The minimum atomic E-state index is -4.53. The number of likely N-dealkylation sites (tertiary alicyclic amines) is 1. The van der Waals surface area contributed by atoms with Crippen molar-refractivity contribution < 1.29 is 26.7 Å². The van der Waals surface area contributed by atoms with E-state index in [9.17, 15) is 22.2 Å². The summed E-state index contributed by atoms with van der Waals surface area (Å²) in [5.41, 5.74) is 1.59. The van der Waals surface area contributed by atoms with Crippen molar-refractivity contribution in [2.24, 2.45) is 0 Å². The van der Waals surface area contributed by atoms with Crippen LogP contribution in [0.15, 0.2) is 54.7 Å². The van der Waals surface area contributed by atoms with Crippen LogP contribution in [0.2, 0.25) is 0 Å². The van der Waals surface area contributed by atoms with Gasteiger partial charge in [0, 0.05) is 30.5 Å². The molecule has 2 N–H and O–H groups in total. The third-order valence-electron chi connectivity index (χ3n) is 6.67. The predicted octanol–water partition coefficient (Wildman–Crippen LogP) is 5.94. The average molecular weight is 534 g/mol. The van der Waals surface area contributed by atoms with Gasteiger partial charge in [-0.2, -0.15) is 13.2 Å². The summed E-state index contributed by atoms with van der Waals surface area (Å²) in [6.07, 6.45) is 0.505. The number of benzene rings is 2. The van der Waals surface area contributed by atoms with Crippen molar-refractivity contribution in [3.8, 4) is 11.3 Å². The van der Waals surface area contributed by atoms with Crippen LogP contribution in [0.3, 0.4) is 0 Å². The molecule has 0 spiro atoms. The second-order valence-corrected chi connectivity index (χ2v) is 10.2. The van der Waals surface area contributed by atoms with Gasteiger partial charge >= 0.3 is 6.18 Å². The summed E-state index contributed by atoms with van der Waals surface area (Å²) in [5.74, 6) is -0.451. The third kappa shape index (κ3) is 6.68. The first-order valence-electron chi connectivity index (χ1n) is 12.2. The monoisotopic (exact) mass is 533 g/mol. The summed E-state index contributed by atoms with van der Waals surface area (Å²) in [6, 6.07) is 12.0. The number of carbonyl (C=O) groups excluding carboxylic acids is 1. The first kappa shape index (κ1) is 27.1. The lowest BCUT2D eigenvalue weighted by Crippen LogP contribution is -2.32. The number of alkyl halides is 3. The van der Waals surface area contributed by atoms with Crippen LogP contribution in [0, 0.1) is 6.92 Å². The van der Waals surface area contributed by atoms with Crippen molar-refractivity contribution in [1.29, 1.82) is 0 Å². The smallest absolute Gasteiger partial charge is 0.345 e. The molecule has 1 fully saturated rings. The number of hydrogen-bond acceptors (Lipinski definition) is 3. The van der Waals surface area contributed by atoms with E-state index >= 15 is 0 Å². The zero-order valence-electron chi connectivity index (χ0n) is 20.6. The lowest BCUT2D eigenvalue weighted by Gasteiger charge is -2.27. The van der Waals surface area contributed by atoms with E-state index in [1.807, 2.05) is 0 Å². The molecule has 3 aromatic rings. The maximum atomic E-state index is 13.9. The molecule has 6 nitrogen and oxygen atoms in total. The number of piperidine rings is 1. The maximum Gasteiger partial charge on any atom is 0.417 e. The minimum Gasteiger partial charge on any atom is -0.345 e. The highest BCUT2D eigenvalue weighted by atomic mass is 32.2. The van der Waals surface area contributed by atoms with Crippen LogP contribution in [-0.4, -0.2) is 43.8 Å². The summed E-state index contributed by atoms with van der Waals surface area (Å²) in [5, 5.41) is 2.80. The molecular formula is C27H30F3N3O3S. The number of rotatable bonds is 8. The van der Waals surface area contributed by atoms with Gasteiger partial charge in [0.2, 0.25) is 0 Å². The van der Waals surface area contributed by atoms with Gasteiger partial charge in [-0.15, -0.1) is 0 Å². The van der Waals surface area contributed by atoms with E-state index in [4.69, 9.17) is 4.55 Å². The Morgan fingerprint density at radius 1 is 1.03 bits per heavy atom. The van der Waals surface area contributed by atoms with Gasteiger partial charge in [0.15, 0.2) is 11.1 Å². The minimum absolute atomic E-state index is 0.0187. The molecule has 1 aromatic heterocycles. The second-order valence-electron chi connectivity index (χ2n) is 9.27. The van der Waals surface area contributed by atoms with Crippen LogP contribution in [0.4, 0.5) is 18.9 Å². The van der Waals surface area contributed by atoms with E-state index in [1.54, 1.807) is 48.0 Å². The number of anilines is 1. The first-order valence-corrected chi connectivity index (χ1v) is 13.5. The van der Waals surface area contributed by atoms with E-state index in [-0.39, 0.29) is 11.3 Å². The number of halogens is 3. The molecule has 0 bridgehead atoms. The Morgan fingerprint density at radius 3 is 2.35 bits per heavy atom. The van der Waals surface area contributed by atoms with Gasteiger partial charge in [-0.3, -0.25) is 4.79 Å². The van der Waals surface area contributed by atoms with Crippen LogP contribution in [0.25, 0.3) is 11.3 Å². The van der Waals surface area contributed by atoms with Crippen LogP contribution < -0.4 is 5.32 Å². The van der Waals surface area contributed by atoms with E-state index in [2.05, 4.69) is 10.2 Å². The van der Waals surface area contributed by atoms with E-state index in [1.165, 1.54) is 18.6 Å². The Labute approximate surface area is 216 Å². The summed E-state index contributed by atoms with van der Waals surface area (Å²) in [6.45, 7) is 4.74. The highest BCUT2D eigenvalue weighted by Crippen LogP contribution is 2.39. The fraction of sp³-hybridized carbons (Fsp3) is 0.370. The van der Waals surface area contributed by atoms with Gasteiger partial charge in [-0.25, -0.2) is 4.21 Å². The number of aromatic nitrogens is 1. The topological polar surface area (TPSA) is 74.6 Å². The standard InChI is InChI=1S/C27H30F3N3O3S/c1-19-23(26(34)31-21-11-9-20(10-12-21)18-37(35)36)17-33(16-15-32-13-5-2-6-14-32)25(19)22-7-3-4-8-24(22)27(28,29)30/h3-4,7-12,17H,2,5-6,13-16,18H2,1H3,(H,31,34)(H,35,36). The number of carbonyl (C=O) groups is 1. The Kier molecular flexibility index (Phi) is 8.51. The normalized spacial score (nSPS) is 15.5. The van der Waals surface area contributed by atoms with Crippen LogP contribution in [0.1, 0.15) is 46.3 Å². The van der Waals surface area contributed by atoms with Crippen LogP contribution in [0.5, 0.6) is 0 Å². The SMILES string of the molecule is Cc1c(C(=O)Nc2ccc(CS(=O)O)cc2)cn(CCN2CCCCC2)c1-c1ccccc1C(F)(F)F. The number of nitrogens with zero attached hydrogens (tertiary/aromatic N) is 2. The summed E-state index contributed by atoms with van der Waals surface area (Å²) in [4.78, 5) is 15.5. The molecule has 0 radical (unpaired) electrons. The van der Waals surface area contributed by atoms with Crippen molar-refractivity contribution >= 4 is 22.7 Å². The highest BCUT2D eigenvalue weighted by molar-refractivity contribution is 7.78. The highest BCUT2D eigenvalue weighted by Gasteiger charge is 2.35. The molecule has 198 valence electrons. The van der Waals surface area contributed by atoms with E-state index in [0.29, 0.717) is 41.2 Å². The van der Waals surface area contributed by atoms with Gasteiger partial charge in [0.25, 0.3) is 5.91 Å². The second kappa shape index (κ2) is 11.6. The fourth-order valence-corrected chi connectivity index (χ4v) is 5.29. The lowest BCUT2D eigenvalue weighted by atomic mass is 10.00. The summed E-state index contributed by atoms with van der Waals surface area (Å²) >= 11 is -1.97. The van der Waals surface area contributed by atoms with Gasteiger partial charge in [-0.05, 0) is 62.2 Å². The van der Waals surface area contributed by atoms with Crippen LogP contribution >= 0.6 is 0 Å². The molecule has 10 heteroatoms. The lowest BCUT2D eigenvalue weighted by molar-refractivity contribution is -0.137. The number of hydrogen-bond donors (Lipinski definition) is 2. The van der Waals surface area contributed by atoms with Crippen molar-refractivity contribution in [2.75, 3.05) is 25.0 Å². The van der Waals surface area contributed by atoms with Gasteiger partial charge in [-0.1, -0.05) is 36.8 Å². The van der Waals surface area contributed by atoms with Crippen LogP contribution in [-0.2, 0) is 29.6 Å². The third-order valence-corrected chi connectivity index (χ3v) is 7.25.